The molecule has 66 valence electrons. The summed E-state index contributed by atoms with van der Waals surface area (Å²) >= 11 is 0. The van der Waals surface area contributed by atoms with Gasteiger partial charge < -0.3 is 10.0 Å². The SMILES string of the molecule is CC(=O)c1ccc(B(O)O)cc1.[HH].[HH]. The van der Waals surface area contributed by atoms with E-state index in [0.717, 1.165) is 0 Å². The maximum atomic E-state index is 10.8. The Hall–Kier alpha value is -1.13. The van der Waals surface area contributed by atoms with E-state index in [9.17, 15) is 4.79 Å². The van der Waals surface area contributed by atoms with Crippen LogP contribution in [0, 0.1) is 0 Å². The van der Waals surface area contributed by atoms with Gasteiger partial charge in [-0.15, -0.1) is 0 Å². The topological polar surface area (TPSA) is 57.5 Å². The monoisotopic (exact) mass is 168 g/mol. The molecule has 2 N–H and O–H groups in total. The molecule has 3 nitrogen and oxygen atoms in total. The molecular formula is C8H13BO3. The highest BCUT2D eigenvalue weighted by Crippen LogP contribution is 1.97. The average molecular weight is 168 g/mol. The third-order valence-electron chi connectivity index (χ3n) is 1.62. The number of rotatable bonds is 2. The van der Waals surface area contributed by atoms with Crippen molar-refractivity contribution in [3.63, 3.8) is 0 Å². The van der Waals surface area contributed by atoms with Crippen LogP contribution in [0.15, 0.2) is 24.3 Å². The van der Waals surface area contributed by atoms with Gasteiger partial charge in [0.15, 0.2) is 5.78 Å². The molecule has 0 aliphatic carbocycles. The summed E-state index contributed by atoms with van der Waals surface area (Å²) in [6, 6.07) is 6.16. The molecule has 0 aromatic heterocycles. The van der Waals surface area contributed by atoms with Crippen molar-refractivity contribution >= 4 is 18.4 Å². The number of hydrogen-bond acceptors (Lipinski definition) is 3. The van der Waals surface area contributed by atoms with Crippen molar-refractivity contribution in [2.24, 2.45) is 0 Å². The van der Waals surface area contributed by atoms with Crippen molar-refractivity contribution < 1.29 is 17.7 Å². The largest absolute Gasteiger partial charge is 0.488 e. The molecule has 0 aliphatic rings. The van der Waals surface area contributed by atoms with E-state index < -0.39 is 7.12 Å². The van der Waals surface area contributed by atoms with Crippen molar-refractivity contribution in [3.05, 3.63) is 29.8 Å². The third-order valence-corrected chi connectivity index (χ3v) is 1.62. The quantitative estimate of drug-likeness (QED) is 0.484. The van der Waals surface area contributed by atoms with Crippen LogP contribution in [0.3, 0.4) is 0 Å². The zero-order valence-electron chi connectivity index (χ0n) is 6.69. The second-order valence-corrected chi connectivity index (χ2v) is 2.55. The van der Waals surface area contributed by atoms with Crippen molar-refractivity contribution in [2.75, 3.05) is 0 Å². The standard InChI is InChI=1S/C8H9BO3.2H2/c1-6(10)7-2-4-8(5-3-7)9(11)12;;/h2-5,11-12H,1H3;2*1H. The smallest absolute Gasteiger partial charge is 0.423 e. The third kappa shape index (κ3) is 1.93. The molecule has 0 spiro atoms. The lowest BCUT2D eigenvalue weighted by Gasteiger charge is -1.99. The summed E-state index contributed by atoms with van der Waals surface area (Å²) in [4.78, 5) is 10.8. The molecule has 0 unspecified atom stereocenters. The summed E-state index contributed by atoms with van der Waals surface area (Å²) in [6.45, 7) is 1.46. The van der Waals surface area contributed by atoms with Crippen LogP contribution in [0.1, 0.15) is 20.1 Å². The lowest BCUT2D eigenvalue weighted by molar-refractivity contribution is 0.101. The van der Waals surface area contributed by atoms with Crippen LogP contribution in [0.25, 0.3) is 0 Å². The van der Waals surface area contributed by atoms with Crippen LogP contribution in [-0.2, 0) is 0 Å². The van der Waals surface area contributed by atoms with Crippen molar-refractivity contribution in [2.45, 2.75) is 6.92 Å². The fraction of sp³-hybridized carbons (Fsp3) is 0.125. The molecule has 0 heterocycles. The Labute approximate surface area is 73.8 Å². The molecule has 0 atom stereocenters. The average Bonchev–Trinajstić information content (AvgIpc) is 2.04. The Bertz CT molecular complexity index is 287. The van der Waals surface area contributed by atoms with E-state index in [1.54, 1.807) is 12.1 Å². The van der Waals surface area contributed by atoms with Gasteiger partial charge in [-0.25, -0.2) is 0 Å². The first-order valence-electron chi connectivity index (χ1n) is 3.58. The van der Waals surface area contributed by atoms with Gasteiger partial charge in [-0.1, -0.05) is 24.3 Å². The Balaban J connectivity index is 0. The van der Waals surface area contributed by atoms with E-state index in [1.165, 1.54) is 19.1 Å². The Kier molecular flexibility index (Phi) is 2.63. The van der Waals surface area contributed by atoms with Crippen LogP contribution in [0.5, 0.6) is 0 Å². The van der Waals surface area contributed by atoms with Gasteiger partial charge in [-0.2, -0.15) is 0 Å². The maximum absolute atomic E-state index is 10.8. The van der Waals surface area contributed by atoms with E-state index in [1.807, 2.05) is 0 Å². The van der Waals surface area contributed by atoms with Crippen molar-refractivity contribution in [1.29, 1.82) is 0 Å². The number of carbonyl (C=O) groups excluding carboxylic acids is 1. The lowest BCUT2D eigenvalue weighted by atomic mass is 9.80. The molecule has 0 radical (unpaired) electrons. The summed E-state index contributed by atoms with van der Waals surface area (Å²) in [7, 11) is -1.47. The van der Waals surface area contributed by atoms with E-state index >= 15 is 0 Å². The zero-order chi connectivity index (χ0) is 9.14. The summed E-state index contributed by atoms with van der Waals surface area (Å²) in [5.74, 6) is -0.0334. The molecule has 1 rings (SSSR count). The maximum Gasteiger partial charge on any atom is 0.488 e. The highest BCUT2D eigenvalue weighted by Gasteiger charge is 2.10. The number of Topliss-reactive ketones (excluding diaryl/α,β-unsaturated/α-hetero) is 1. The van der Waals surface area contributed by atoms with Crippen molar-refractivity contribution in [1.82, 2.24) is 0 Å². The van der Waals surface area contributed by atoms with E-state index in [0.29, 0.717) is 11.0 Å². The molecule has 0 amide bonds. The minimum absolute atomic E-state index is 0. The second kappa shape index (κ2) is 3.52. The van der Waals surface area contributed by atoms with Gasteiger partial charge in [0.25, 0.3) is 0 Å². The highest BCUT2D eigenvalue weighted by atomic mass is 16.4. The molecule has 0 fully saturated rings. The van der Waals surface area contributed by atoms with Crippen molar-refractivity contribution in [3.8, 4) is 0 Å². The number of ketones is 1. The molecule has 1 aromatic rings. The van der Waals surface area contributed by atoms with Gasteiger partial charge in [-0.3, -0.25) is 4.79 Å². The number of hydrogen-bond donors (Lipinski definition) is 2. The lowest BCUT2D eigenvalue weighted by Crippen LogP contribution is -2.29. The van der Waals surface area contributed by atoms with E-state index in [4.69, 9.17) is 10.0 Å². The summed E-state index contributed by atoms with van der Waals surface area (Å²) in [5, 5.41) is 17.4. The van der Waals surface area contributed by atoms with Gasteiger partial charge >= 0.3 is 7.12 Å². The molecule has 0 saturated heterocycles. The fourth-order valence-electron chi connectivity index (χ4n) is 0.890. The number of benzene rings is 1. The second-order valence-electron chi connectivity index (χ2n) is 2.55. The Morgan fingerprint density at radius 2 is 1.83 bits per heavy atom. The number of carbonyl (C=O) groups is 1. The highest BCUT2D eigenvalue weighted by molar-refractivity contribution is 6.58. The normalized spacial score (nSPS) is 9.58. The Morgan fingerprint density at radius 1 is 1.33 bits per heavy atom. The van der Waals surface area contributed by atoms with Crippen LogP contribution < -0.4 is 5.46 Å². The minimum atomic E-state index is -1.47. The van der Waals surface area contributed by atoms with Gasteiger partial charge in [0.2, 0.25) is 0 Å². The summed E-state index contributed by atoms with van der Waals surface area (Å²) in [5.41, 5.74) is 0.958. The molecule has 0 aliphatic heterocycles. The predicted molar refractivity (Wildman–Crippen MR) is 50.5 cm³/mol. The molecule has 0 bridgehead atoms. The summed E-state index contributed by atoms with van der Waals surface area (Å²) < 4.78 is 0. The first-order chi connectivity index (χ1) is 5.61. The Morgan fingerprint density at radius 3 is 2.17 bits per heavy atom. The van der Waals surface area contributed by atoms with Gasteiger partial charge in [0.05, 0.1) is 0 Å². The molecule has 0 saturated carbocycles. The first-order valence-corrected chi connectivity index (χ1v) is 3.58. The fourth-order valence-corrected chi connectivity index (χ4v) is 0.890. The molecule has 12 heavy (non-hydrogen) atoms. The molecule has 4 heteroatoms. The predicted octanol–water partition coefficient (Wildman–Crippen LogP) is 0.0610. The van der Waals surface area contributed by atoms with Crippen LogP contribution in [-0.4, -0.2) is 22.9 Å². The van der Waals surface area contributed by atoms with Crippen LogP contribution in [0.4, 0.5) is 0 Å². The van der Waals surface area contributed by atoms with E-state index in [2.05, 4.69) is 0 Å². The van der Waals surface area contributed by atoms with Crippen LogP contribution in [0.2, 0.25) is 0 Å². The van der Waals surface area contributed by atoms with Gasteiger partial charge in [0.1, 0.15) is 0 Å². The minimum Gasteiger partial charge on any atom is -0.423 e. The summed E-state index contributed by atoms with van der Waals surface area (Å²) in [6.07, 6.45) is 0. The van der Waals surface area contributed by atoms with Gasteiger partial charge in [0, 0.05) is 8.42 Å². The molecular weight excluding hydrogens is 155 g/mol. The molecule has 1 aromatic carbocycles. The van der Waals surface area contributed by atoms with Crippen LogP contribution >= 0.6 is 0 Å². The van der Waals surface area contributed by atoms with Gasteiger partial charge in [-0.05, 0) is 12.4 Å². The zero-order valence-corrected chi connectivity index (χ0v) is 6.69. The van der Waals surface area contributed by atoms with E-state index in [-0.39, 0.29) is 8.64 Å². The first kappa shape index (κ1) is 8.97.